The molecule has 29 heavy (non-hydrogen) atoms. The van der Waals surface area contributed by atoms with E-state index in [-0.39, 0.29) is 12.5 Å². The fourth-order valence-electron chi connectivity index (χ4n) is 3.63. The first-order chi connectivity index (χ1) is 14.3. The van der Waals surface area contributed by atoms with Gasteiger partial charge >= 0.3 is 0 Å². The van der Waals surface area contributed by atoms with Gasteiger partial charge in [0.15, 0.2) is 0 Å². The quantitative estimate of drug-likeness (QED) is 0.174. The van der Waals surface area contributed by atoms with E-state index >= 15 is 0 Å². The van der Waals surface area contributed by atoms with Gasteiger partial charge in [-0.3, -0.25) is 4.79 Å². The summed E-state index contributed by atoms with van der Waals surface area (Å²) in [5.41, 5.74) is 0. The van der Waals surface area contributed by atoms with E-state index in [9.17, 15) is 4.79 Å². The van der Waals surface area contributed by atoms with Crippen LogP contribution in [0, 0.1) is 0 Å². The van der Waals surface area contributed by atoms with Crippen LogP contribution in [0.5, 0.6) is 0 Å². The van der Waals surface area contributed by atoms with Gasteiger partial charge in [-0.1, -0.05) is 104 Å². The fraction of sp³-hybridized carbons (Fsp3) is 0.960. The maximum atomic E-state index is 12.5. The molecule has 0 aliphatic rings. The zero-order chi connectivity index (χ0) is 21.4. The molecule has 0 aromatic heterocycles. The van der Waals surface area contributed by atoms with Gasteiger partial charge in [0, 0.05) is 20.2 Å². The highest BCUT2D eigenvalue weighted by Crippen LogP contribution is 2.11. The van der Waals surface area contributed by atoms with Crippen LogP contribution in [0.15, 0.2) is 0 Å². The summed E-state index contributed by atoms with van der Waals surface area (Å²) in [5, 5.41) is 0. The maximum Gasteiger partial charge on any atom is 0.248 e. The van der Waals surface area contributed by atoms with Gasteiger partial charge < -0.3 is 14.4 Å². The van der Waals surface area contributed by atoms with E-state index in [0.29, 0.717) is 13.2 Å². The number of ether oxygens (including phenoxy) is 2. The van der Waals surface area contributed by atoms with Gasteiger partial charge in [-0.25, -0.2) is 0 Å². The molecule has 0 saturated heterocycles. The van der Waals surface area contributed by atoms with E-state index in [4.69, 9.17) is 9.47 Å². The summed E-state index contributed by atoms with van der Waals surface area (Å²) in [5.74, 6) is 0.145. The van der Waals surface area contributed by atoms with Crippen LogP contribution in [-0.2, 0) is 14.3 Å². The Kier molecular flexibility index (Phi) is 23.2. The Morgan fingerprint density at radius 3 is 1.45 bits per heavy atom. The zero-order valence-electron chi connectivity index (χ0n) is 20.0. The maximum absolute atomic E-state index is 12.5. The number of hydrogen-bond acceptors (Lipinski definition) is 3. The predicted octanol–water partition coefficient (Wildman–Crippen LogP) is 6.76. The topological polar surface area (TPSA) is 38.8 Å². The van der Waals surface area contributed by atoms with E-state index < -0.39 is 0 Å². The van der Waals surface area contributed by atoms with Gasteiger partial charge in [0.1, 0.15) is 6.61 Å². The average Bonchev–Trinajstić information content (AvgIpc) is 2.73. The molecule has 0 aromatic carbocycles. The third-order valence-electron chi connectivity index (χ3n) is 5.57. The fourth-order valence-corrected chi connectivity index (χ4v) is 3.63. The third-order valence-corrected chi connectivity index (χ3v) is 5.57. The highest BCUT2D eigenvalue weighted by Gasteiger charge is 2.13. The summed E-state index contributed by atoms with van der Waals surface area (Å²) < 4.78 is 10.5. The largest absolute Gasteiger partial charge is 0.382 e. The van der Waals surface area contributed by atoms with E-state index in [0.717, 1.165) is 25.9 Å². The summed E-state index contributed by atoms with van der Waals surface area (Å²) in [7, 11) is 1.65. The third kappa shape index (κ3) is 20.4. The number of nitrogens with zero attached hydrogens (tertiary/aromatic N) is 1. The van der Waals surface area contributed by atoms with Gasteiger partial charge in [-0.15, -0.1) is 0 Å². The van der Waals surface area contributed by atoms with Crippen molar-refractivity contribution >= 4 is 5.91 Å². The molecule has 0 heterocycles. The Morgan fingerprint density at radius 2 is 1.03 bits per heavy atom. The number of methoxy groups -OCH3 is 1. The average molecular weight is 414 g/mol. The van der Waals surface area contributed by atoms with Crippen molar-refractivity contribution in [2.24, 2.45) is 0 Å². The van der Waals surface area contributed by atoms with Crippen molar-refractivity contribution < 1.29 is 14.3 Å². The molecule has 0 aliphatic heterocycles. The molecule has 0 saturated carbocycles. The molecule has 4 heteroatoms. The molecular weight excluding hydrogens is 362 g/mol. The zero-order valence-corrected chi connectivity index (χ0v) is 20.0. The summed E-state index contributed by atoms with van der Waals surface area (Å²) >= 11 is 0. The van der Waals surface area contributed by atoms with Crippen molar-refractivity contribution in [1.82, 2.24) is 4.90 Å². The van der Waals surface area contributed by atoms with Crippen LogP contribution >= 0.6 is 0 Å². The number of unbranched alkanes of at least 4 members (excludes halogenated alkanes) is 14. The van der Waals surface area contributed by atoms with Crippen LogP contribution in [0.4, 0.5) is 0 Å². The Morgan fingerprint density at radius 1 is 0.621 bits per heavy atom. The van der Waals surface area contributed by atoms with Crippen molar-refractivity contribution in [3.05, 3.63) is 0 Å². The molecule has 0 N–H and O–H groups in total. The summed E-state index contributed by atoms with van der Waals surface area (Å²) in [4.78, 5) is 14.6. The second-order valence-corrected chi connectivity index (χ2v) is 8.38. The first kappa shape index (κ1) is 28.4. The van der Waals surface area contributed by atoms with Crippen molar-refractivity contribution in [2.45, 2.75) is 117 Å². The molecule has 0 radical (unpaired) electrons. The molecule has 174 valence electrons. The minimum atomic E-state index is 0.145. The van der Waals surface area contributed by atoms with Gasteiger partial charge in [-0.05, 0) is 12.8 Å². The van der Waals surface area contributed by atoms with Crippen LogP contribution in [0.25, 0.3) is 0 Å². The smallest absolute Gasteiger partial charge is 0.248 e. The Hall–Kier alpha value is -0.610. The first-order valence-electron chi connectivity index (χ1n) is 12.6. The van der Waals surface area contributed by atoms with Crippen LogP contribution in [0.2, 0.25) is 0 Å². The lowest BCUT2D eigenvalue weighted by Crippen LogP contribution is -2.36. The Balaban J connectivity index is 3.98. The van der Waals surface area contributed by atoms with Crippen LogP contribution in [0.3, 0.4) is 0 Å². The van der Waals surface area contributed by atoms with Crippen LogP contribution < -0.4 is 0 Å². The number of rotatable bonds is 23. The monoisotopic (exact) mass is 413 g/mol. The van der Waals surface area contributed by atoms with Crippen molar-refractivity contribution in [1.29, 1.82) is 0 Å². The lowest BCUT2D eigenvalue weighted by Gasteiger charge is -2.23. The number of hydrogen-bond donors (Lipinski definition) is 0. The van der Waals surface area contributed by atoms with E-state index in [2.05, 4.69) is 13.8 Å². The van der Waals surface area contributed by atoms with Crippen molar-refractivity contribution in [3.8, 4) is 0 Å². The molecule has 0 fully saturated rings. The number of amides is 1. The van der Waals surface area contributed by atoms with Gasteiger partial charge in [-0.2, -0.15) is 0 Å². The van der Waals surface area contributed by atoms with Gasteiger partial charge in [0.25, 0.3) is 0 Å². The number of carbonyl (C=O) groups is 1. The molecule has 0 bridgehead atoms. The molecule has 4 nitrogen and oxygen atoms in total. The minimum Gasteiger partial charge on any atom is -0.382 e. The summed E-state index contributed by atoms with van der Waals surface area (Å²) in [6, 6.07) is 0. The van der Waals surface area contributed by atoms with Crippen LogP contribution in [-0.4, -0.2) is 50.8 Å². The van der Waals surface area contributed by atoms with Gasteiger partial charge in [0.05, 0.1) is 13.2 Å². The molecule has 0 aromatic rings. The molecule has 0 aliphatic carbocycles. The summed E-state index contributed by atoms with van der Waals surface area (Å²) in [6.45, 7) is 7.52. The van der Waals surface area contributed by atoms with Crippen molar-refractivity contribution in [3.63, 3.8) is 0 Å². The highest BCUT2D eigenvalue weighted by atomic mass is 16.5. The normalized spacial score (nSPS) is 11.1. The molecule has 0 spiro atoms. The Bertz CT molecular complexity index is 316. The second kappa shape index (κ2) is 23.7. The standard InChI is InChI=1S/C25H51NO3/c1-4-6-8-10-12-14-16-18-20-26(25(27)24-29-23-22-28-3)21-19-17-15-13-11-9-7-5-2/h4-24H2,1-3H3. The predicted molar refractivity (Wildman–Crippen MR) is 124 cm³/mol. The van der Waals surface area contributed by atoms with E-state index in [1.165, 1.54) is 89.9 Å². The molecular formula is C25H51NO3. The molecule has 0 atom stereocenters. The SMILES string of the molecule is CCCCCCCCCCN(CCCCCCCCCC)C(=O)COCCOC. The first-order valence-corrected chi connectivity index (χ1v) is 12.6. The highest BCUT2D eigenvalue weighted by molar-refractivity contribution is 5.77. The summed E-state index contributed by atoms with van der Waals surface area (Å²) in [6.07, 6.45) is 20.8. The van der Waals surface area contributed by atoms with E-state index in [1.807, 2.05) is 4.90 Å². The molecule has 1 amide bonds. The minimum absolute atomic E-state index is 0.145. The van der Waals surface area contributed by atoms with E-state index in [1.54, 1.807) is 7.11 Å². The number of carbonyl (C=O) groups excluding carboxylic acids is 1. The molecule has 0 unspecified atom stereocenters. The Labute approximate surface area is 182 Å². The van der Waals surface area contributed by atoms with Crippen molar-refractivity contribution in [2.75, 3.05) is 40.0 Å². The molecule has 0 rings (SSSR count). The lowest BCUT2D eigenvalue weighted by molar-refractivity contribution is -0.136. The lowest BCUT2D eigenvalue weighted by atomic mass is 10.1. The second-order valence-electron chi connectivity index (χ2n) is 8.38. The van der Waals surface area contributed by atoms with Gasteiger partial charge in [0.2, 0.25) is 5.91 Å². The van der Waals surface area contributed by atoms with Crippen LogP contribution in [0.1, 0.15) is 117 Å².